The zero-order chi connectivity index (χ0) is 26.4. The van der Waals surface area contributed by atoms with Crippen molar-refractivity contribution in [1.29, 1.82) is 0 Å². The highest BCUT2D eigenvalue weighted by atomic mass is 19.2. The Hall–Kier alpha value is -3.38. The fourth-order valence-electron chi connectivity index (χ4n) is 4.63. The van der Waals surface area contributed by atoms with Gasteiger partial charge in [0.1, 0.15) is 5.82 Å². The number of aromatic nitrogens is 2. The lowest BCUT2D eigenvalue weighted by Gasteiger charge is -2.21. The van der Waals surface area contributed by atoms with Crippen molar-refractivity contribution in [2.24, 2.45) is 0 Å². The number of carbonyl (C=O) groups is 1. The summed E-state index contributed by atoms with van der Waals surface area (Å²) < 4.78 is 39.5. The highest BCUT2D eigenvalue weighted by molar-refractivity contribution is 5.90. The van der Waals surface area contributed by atoms with Crippen LogP contribution in [0.4, 0.5) is 19.4 Å². The lowest BCUT2D eigenvalue weighted by molar-refractivity contribution is 0.159. The Morgan fingerprint density at radius 2 is 1.89 bits per heavy atom. The first-order chi connectivity index (χ1) is 17.9. The molecule has 0 radical (unpaired) electrons. The number of urea groups is 1. The number of likely N-dealkylation sites (tertiary alicyclic amines) is 1. The molecule has 2 heterocycles. The maximum atomic E-state index is 14.0. The molecule has 0 aliphatic carbocycles. The predicted molar refractivity (Wildman–Crippen MR) is 134 cm³/mol. The van der Waals surface area contributed by atoms with Gasteiger partial charge in [-0.05, 0) is 29.8 Å². The Bertz CT molecular complexity index is 1210. The maximum absolute atomic E-state index is 14.0. The Morgan fingerprint density at radius 3 is 2.57 bits per heavy atom. The summed E-state index contributed by atoms with van der Waals surface area (Å²) in [6.45, 7) is 1.98. The van der Waals surface area contributed by atoms with E-state index in [9.17, 15) is 18.7 Å². The monoisotopic (exact) mass is 515 g/mol. The van der Waals surface area contributed by atoms with Gasteiger partial charge in [-0.3, -0.25) is 10.2 Å². The average Bonchev–Trinajstić information content (AvgIpc) is 3.45. The first-order valence-electron chi connectivity index (χ1n) is 11.9. The molecule has 3 N–H and O–H groups in total. The van der Waals surface area contributed by atoms with Crippen LogP contribution in [0.15, 0.2) is 48.5 Å². The summed E-state index contributed by atoms with van der Waals surface area (Å²) in [7, 11) is 3.13. The van der Waals surface area contributed by atoms with Gasteiger partial charge in [-0.1, -0.05) is 24.3 Å². The van der Waals surface area contributed by atoms with Gasteiger partial charge in [-0.15, -0.1) is 0 Å². The normalized spacial score (nSPS) is 17.8. The van der Waals surface area contributed by atoms with E-state index < -0.39 is 17.7 Å². The van der Waals surface area contributed by atoms with Crippen LogP contribution in [-0.4, -0.2) is 72.3 Å². The summed E-state index contributed by atoms with van der Waals surface area (Å²) in [6, 6.07) is 12.1. The van der Waals surface area contributed by atoms with Crippen LogP contribution in [0, 0.1) is 11.6 Å². The van der Waals surface area contributed by atoms with E-state index in [4.69, 9.17) is 9.47 Å². The minimum Gasteiger partial charge on any atom is -0.391 e. The van der Waals surface area contributed by atoms with Gasteiger partial charge >= 0.3 is 6.03 Å². The number of hydrogen-bond donors (Lipinski definition) is 3. The van der Waals surface area contributed by atoms with Crippen molar-refractivity contribution in [3.05, 3.63) is 77.0 Å². The molecule has 9 nitrogen and oxygen atoms in total. The highest BCUT2D eigenvalue weighted by Crippen LogP contribution is 2.30. The Balaban J connectivity index is 1.59. The van der Waals surface area contributed by atoms with Crippen LogP contribution < -0.4 is 10.6 Å². The van der Waals surface area contributed by atoms with Gasteiger partial charge in [0.15, 0.2) is 11.6 Å². The number of nitrogens with one attached hydrogen (secondary N) is 2. The molecule has 1 aliphatic rings. The van der Waals surface area contributed by atoms with Crippen molar-refractivity contribution >= 4 is 11.8 Å². The molecular weight excluding hydrogens is 484 g/mol. The van der Waals surface area contributed by atoms with Crippen molar-refractivity contribution < 1.29 is 28.2 Å². The summed E-state index contributed by atoms with van der Waals surface area (Å²) in [5.74, 6) is -1.80. The molecule has 2 atom stereocenters. The minimum absolute atomic E-state index is 0.154. The molecule has 1 aliphatic heterocycles. The van der Waals surface area contributed by atoms with E-state index in [0.29, 0.717) is 54.6 Å². The van der Waals surface area contributed by atoms with Crippen LogP contribution >= 0.6 is 0 Å². The van der Waals surface area contributed by atoms with Gasteiger partial charge in [0.2, 0.25) is 0 Å². The van der Waals surface area contributed by atoms with Gasteiger partial charge in [0, 0.05) is 45.3 Å². The number of para-hydroxylation sites is 1. The molecule has 1 saturated heterocycles. The number of ether oxygens (including phenoxy) is 2. The molecule has 0 bridgehead atoms. The standard InChI is InChI=1S/C26H31F2N5O4/c1-36-11-10-32-13-19(17-8-9-21(27)22(28)12-17)23(14-32)29-26(35)30-25-20(15-34)24(16-37-2)31-33(25)18-6-4-3-5-7-18/h3-9,12,19,23,34H,10-11,13-16H2,1-2H3,(H2,29,30,35). The van der Waals surface area contributed by atoms with Gasteiger partial charge in [0.05, 0.1) is 37.2 Å². The van der Waals surface area contributed by atoms with Crippen LogP contribution in [0.2, 0.25) is 0 Å². The third-order valence-corrected chi connectivity index (χ3v) is 6.43. The number of aliphatic hydroxyl groups excluding tert-OH is 1. The van der Waals surface area contributed by atoms with Crippen LogP contribution in [0.5, 0.6) is 0 Å². The lowest BCUT2D eigenvalue weighted by atomic mass is 9.94. The topological polar surface area (TPSA) is 101 Å². The number of nitrogens with zero attached hydrogens (tertiary/aromatic N) is 3. The van der Waals surface area contributed by atoms with Crippen molar-refractivity contribution in [2.45, 2.75) is 25.2 Å². The molecule has 198 valence electrons. The number of rotatable bonds is 10. The molecule has 4 rings (SSSR count). The molecule has 2 amide bonds. The molecule has 1 aromatic heterocycles. The summed E-state index contributed by atoms with van der Waals surface area (Å²) in [5.41, 5.74) is 2.22. The molecule has 0 saturated carbocycles. The van der Waals surface area contributed by atoms with E-state index in [0.717, 1.165) is 6.07 Å². The zero-order valence-electron chi connectivity index (χ0n) is 20.8. The maximum Gasteiger partial charge on any atom is 0.320 e. The molecule has 37 heavy (non-hydrogen) atoms. The summed E-state index contributed by atoms with van der Waals surface area (Å²) in [4.78, 5) is 15.4. The van der Waals surface area contributed by atoms with Crippen LogP contribution in [0.1, 0.15) is 22.7 Å². The van der Waals surface area contributed by atoms with E-state index >= 15 is 0 Å². The van der Waals surface area contributed by atoms with Crippen LogP contribution in [0.25, 0.3) is 5.69 Å². The molecule has 2 aromatic carbocycles. The Kier molecular flexibility index (Phi) is 8.82. The van der Waals surface area contributed by atoms with Crippen LogP contribution in [0.3, 0.4) is 0 Å². The van der Waals surface area contributed by atoms with Crippen molar-refractivity contribution in [2.75, 3.05) is 45.8 Å². The predicted octanol–water partition coefficient (Wildman–Crippen LogP) is 3.03. The molecule has 1 fully saturated rings. The molecule has 11 heteroatoms. The second-order valence-electron chi connectivity index (χ2n) is 8.85. The molecule has 0 spiro atoms. The molecule has 3 aromatic rings. The Morgan fingerprint density at radius 1 is 1.11 bits per heavy atom. The summed E-state index contributed by atoms with van der Waals surface area (Å²) >= 11 is 0. The fraction of sp³-hybridized carbons (Fsp3) is 0.385. The third-order valence-electron chi connectivity index (χ3n) is 6.43. The molecular formula is C26H31F2N5O4. The number of aliphatic hydroxyl groups is 1. The van der Waals surface area contributed by atoms with E-state index in [1.54, 1.807) is 17.9 Å². The number of anilines is 1. The number of carbonyl (C=O) groups excluding carboxylic acids is 1. The van der Waals surface area contributed by atoms with Gasteiger partial charge in [-0.2, -0.15) is 5.10 Å². The third kappa shape index (κ3) is 6.13. The number of halogens is 2. The summed E-state index contributed by atoms with van der Waals surface area (Å²) in [6.07, 6.45) is 0. The largest absolute Gasteiger partial charge is 0.391 e. The van der Waals surface area contributed by atoms with E-state index in [1.165, 1.54) is 13.2 Å². The zero-order valence-corrected chi connectivity index (χ0v) is 20.8. The highest BCUT2D eigenvalue weighted by Gasteiger charge is 2.35. The van der Waals surface area contributed by atoms with Gasteiger partial charge in [-0.25, -0.2) is 18.3 Å². The smallest absolute Gasteiger partial charge is 0.320 e. The van der Waals surface area contributed by atoms with Gasteiger partial charge < -0.3 is 19.9 Å². The first-order valence-corrected chi connectivity index (χ1v) is 11.9. The first kappa shape index (κ1) is 26.7. The second-order valence-corrected chi connectivity index (χ2v) is 8.85. The van der Waals surface area contributed by atoms with E-state index in [-0.39, 0.29) is 25.2 Å². The number of methoxy groups -OCH3 is 2. The molecule has 2 unspecified atom stereocenters. The van der Waals surface area contributed by atoms with E-state index in [1.807, 2.05) is 30.3 Å². The number of amides is 2. The van der Waals surface area contributed by atoms with E-state index in [2.05, 4.69) is 20.6 Å². The number of hydrogen-bond acceptors (Lipinski definition) is 6. The van der Waals surface area contributed by atoms with Crippen molar-refractivity contribution in [1.82, 2.24) is 20.0 Å². The number of benzene rings is 2. The van der Waals surface area contributed by atoms with Crippen molar-refractivity contribution in [3.63, 3.8) is 0 Å². The minimum atomic E-state index is -0.930. The summed E-state index contributed by atoms with van der Waals surface area (Å²) in [5, 5.41) is 20.4. The fourth-order valence-corrected chi connectivity index (χ4v) is 4.63. The van der Waals surface area contributed by atoms with Crippen LogP contribution in [-0.2, 0) is 22.7 Å². The second kappa shape index (κ2) is 12.2. The Labute approximate surface area is 214 Å². The SMILES string of the molecule is COCCN1CC(NC(=O)Nc2c(CO)c(COC)nn2-c2ccccc2)C(c2ccc(F)c(F)c2)C1. The van der Waals surface area contributed by atoms with Crippen molar-refractivity contribution in [3.8, 4) is 5.69 Å². The average molecular weight is 516 g/mol. The van der Waals surface area contributed by atoms with Gasteiger partial charge in [0.25, 0.3) is 0 Å². The lowest BCUT2D eigenvalue weighted by Crippen LogP contribution is -2.42. The quantitative estimate of drug-likeness (QED) is 0.384.